The predicted molar refractivity (Wildman–Crippen MR) is 208 cm³/mol. The Balaban J connectivity index is 2.16. The largest absolute Gasteiger partial charge is 0.477 e. The van der Waals surface area contributed by atoms with Crippen molar-refractivity contribution in [3.8, 4) is 0 Å². The first-order valence-corrected chi connectivity index (χ1v) is 21.1. The van der Waals surface area contributed by atoms with Crippen molar-refractivity contribution >= 4 is 34.5 Å². The van der Waals surface area contributed by atoms with E-state index in [2.05, 4.69) is 13.8 Å². The van der Waals surface area contributed by atoms with Crippen LogP contribution >= 0.6 is 24.4 Å². The molecule has 4 atom stereocenters. The molecule has 47 heavy (non-hydrogen) atoms. The maximum Gasteiger partial charge on any atom is 0.167 e. The Bertz CT molecular complexity index is 721. The average Bonchev–Trinajstić information content (AvgIpc) is 3.06. The summed E-state index contributed by atoms with van der Waals surface area (Å²) in [5.41, 5.74) is 0. The number of aliphatic hydroxyl groups excluding tert-OH is 2. The SMILES string of the molecule is CCCCCCCCCCCCCCCCC(=S)O[C@H]1[C@H](OC(=S)CCCCCCCCCCCCCCCC)[C@@H](CO)OC[C@@H]1O. The molecule has 1 saturated heterocycles. The Labute approximate surface area is 302 Å². The van der Waals surface area contributed by atoms with Gasteiger partial charge in [-0.3, -0.25) is 0 Å². The van der Waals surface area contributed by atoms with E-state index in [0.29, 0.717) is 22.9 Å². The maximum absolute atomic E-state index is 10.7. The molecular weight excluding hydrogens is 625 g/mol. The van der Waals surface area contributed by atoms with Gasteiger partial charge >= 0.3 is 0 Å². The lowest BCUT2D eigenvalue weighted by atomic mass is 9.99. The molecule has 0 saturated carbocycles. The third-order valence-electron chi connectivity index (χ3n) is 9.73. The highest BCUT2D eigenvalue weighted by molar-refractivity contribution is 7.80. The van der Waals surface area contributed by atoms with Crippen LogP contribution in [0.2, 0.25) is 0 Å². The molecule has 0 aromatic carbocycles. The summed E-state index contributed by atoms with van der Waals surface area (Å²) < 4.78 is 17.9. The zero-order valence-electron chi connectivity index (χ0n) is 30.9. The minimum Gasteiger partial charge on any atom is -0.477 e. The fourth-order valence-electron chi connectivity index (χ4n) is 6.64. The number of aliphatic hydroxyl groups is 2. The van der Waals surface area contributed by atoms with E-state index in [0.717, 1.165) is 25.7 Å². The molecule has 1 aliphatic rings. The van der Waals surface area contributed by atoms with Gasteiger partial charge in [-0.25, -0.2) is 0 Å². The van der Waals surface area contributed by atoms with Crippen LogP contribution in [0.15, 0.2) is 0 Å². The van der Waals surface area contributed by atoms with E-state index in [1.165, 1.54) is 154 Å². The quantitative estimate of drug-likeness (QED) is 0.0522. The molecule has 278 valence electrons. The monoisotopic (exact) mass is 701 g/mol. The van der Waals surface area contributed by atoms with Crippen LogP contribution < -0.4 is 0 Å². The fraction of sp³-hybridized carbons (Fsp3) is 0.950. The van der Waals surface area contributed by atoms with Gasteiger partial charge < -0.3 is 24.4 Å². The molecule has 1 heterocycles. The highest BCUT2D eigenvalue weighted by atomic mass is 32.1. The number of hydrogen-bond donors (Lipinski definition) is 2. The Morgan fingerprint density at radius 2 is 0.809 bits per heavy atom. The lowest BCUT2D eigenvalue weighted by Gasteiger charge is -2.40. The van der Waals surface area contributed by atoms with Gasteiger partial charge in [0, 0.05) is 12.8 Å². The lowest BCUT2D eigenvalue weighted by Crippen LogP contribution is -2.57. The zero-order chi connectivity index (χ0) is 34.2. The van der Waals surface area contributed by atoms with Crippen molar-refractivity contribution in [2.75, 3.05) is 13.2 Å². The van der Waals surface area contributed by atoms with E-state index in [9.17, 15) is 10.2 Å². The van der Waals surface area contributed by atoms with Crippen LogP contribution in [0.1, 0.15) is 206 Å². The van der Waals surface area contributed by atoms with Crippen LogP contribution in [0.3, 0.4) is 0 Å². The summed E-state index contributed by atoms with van der Waals surface area (Å²) in [6.07, 6.45) is 35.4. The van der Waals surface area contributed by atoms with Crippen LogP contribution in [0.4, 0.5) is 0 Å². The molecule has 1 aliphatic heterocycles. The number of hydrogen-bond acceptors (Lipinski definition) is 7. The Kier molecular flexibility index (Phi) is 31.2. The van der Waals surface area contributed by atoms with E-state index in [-0.39, 0.29) is 13.2 Å². The molecule has 1 fully saturated rings. The third kappa shape index (κ3) is 25.3. The van der Waals surface area contributed by atoms with Gasteiger partial charge in [-0.15, -0.1) is 0 Å². The van der Waals surface area contributed by atoms with E-state index < -0.39 is 24.4 Å². The molecular formula is C40H76O5S2. The summed E-state index contributed by atoms with van der Waals surface area (Å²) in [4.78, 5) is 0. The highest BCUT2D eigenvalue weighted by Gasteiger charge is 2.43. The summed E-state index contributed by atoms with van der Waals surface area (Å²) in [7, 11) is 0. The van der Waals surface area contributed by atoms with Gasteiger partial charge in [0.2, 0.25) is 0 Å². The molecule has 0 unspecified atom stereocenters. The fourth-order valence-corrected chi connectivity index (χ4v) is 7.15. The van der Waals surface area contributed by atoms with Crippen LogP contribution in [0.25, 0.3) is 0 Å². The van der Waals surface area contributed by atoms with Crippen molar-refractivity contribution < 1.29 is 24.4 Å². The first kappa shape index (κ1) is 44.7. The van der Waals surface area contributed by atoms with E-state index >= 15 is 0 Å². The van der Waals surface area contributed by atoms with Crippen LogP contribution in [0, 0.1) is 0 Å². The second kappa shape index (κ2) is 32.8. The van der Waals surface area contributed by atoms with Gasteiger partial charge in [-0.05, 0) is 37.3 Å². The van der Waals surface area contributed by atoms with Crippen molar-refractivity contribution in [2.24, 2.45) is 0 Å². The number of thiocarbonyl (C=S) groups is 2. The van der Waals surface area contributed by atoms with Crippen molar-refractivity contribution in [2.45, 2.75) is 231 Å². The molecule has 1 rings (SSSR count). The lowest BCUT2D eigenvalue weighted by molar-refractivity contribution is -0.185. The molecule has 0 aromatic rings. The first-order valence-electron chi connectivity index (χ1n) is 20.3. The zero-order valence-corrected chi connectivity index (χ0v) is 32.5. The highest BCUT2D eigenvalue weighted by Crippen LogP contribution is 2.24. The molecule has 5 nitrogen and oxygen atoms in total. The molecule has 0 spiro atoms. The second-order valence-corrected chi connectivity index (χ2v) is 15.1. The molecule has 7 heteroatoms. The summed E-state index contributed by atoms with van der Waals surface area (Å²) in [6, 6.07) is 0. The Hall–Kier alpha value is -0.340. The standard InChI is InChI=1S/C40H76O5S2/c1-3-5-7-9-11-13-15-17-19-21-23-25-27-29-31-37(46)44-39-35(42)34-43-36(33-41)40(39)45-38(47)32-30-28-26-24-22-20-18-16-14-12-10-8-6-4-2/h35-36,39-42H,3-34H2,1-2H3/t35-,36+,39+,40+/m0/s1. The molecule has 0 bridgehead atoms. The molecule has 0 aliphatic carbocycles. The maximum atomic E-state index is 10.7. The molecule has 0 amide bonds. The number of ether oxygens (including phenoxy) is 3. The van der Waals surface area contributed by atoms with Crippen molar-refractivity contribution in [1.82, 2.24) is 0 Å². The van der Waals surface area contributed by atoms with Crippen molar-refractivity contribution in [3.05, 3.63) is 0 Å². The van der Waals surface area contributed by atoms with Gasteiger partial charge in [0.25, 0.3) is 0 Å². The van der Waals surface area contributed by atoms with E-state index in [1.807, 2.05) is 0 Å². The normalized spacial score (nSPS) is 19.6. The third-order valence-corrected chi connectivity index (χ3v) is 10.3. The van der Waals surface area contributed by atoms with Crippen LogP contribution in [-0.2, 0) is 14.2 Å². The summed E-state index contributed by atoms with van der Waals surface area (Å²) >= 11 is 11.1. The smallest absolute Gasteiger partial charge is 0.167 e. The topological polar surface area (TPSA) is 68.2 Å². The van der Waals surface area contributed by atoms with Crippen LogP contribution in [0.5, 0.6) is 0 Å². The first-order chi connectivity index (χ1) is 23.0. The molecule has 2 N–H and O–H groups in total. The second-order valence-electron chi connectivity index (χ2n) is 14.2. The van der Waals surface area contributed by atoms with Crippen molar-refractivity contribution in [3.63, 3.8) is 0 Å². The molecule has 0 aromatic heterocycles. The average molecular weight is 701 g/mol. The van der Waals surface area contributed by atoms with Gasteiger partial charge in [0.1, 0.15) is 12.2 Å². The van der Waals surface area contributed by atoms with Gasteiger partial charge in [-0.1, -0.05) is 181 Å². The predicted octanol–water partition coefficient (Wildman–Crippen LogP) is 11.9. The Morgan fingerprint density at radius 3 is 1.13 bits per heavy atom. The number of unbranched alkanes of at least 4 members (excludes halogenated alkanes) is 26. The summed E-state index contributed by atoms with van der Waals surface area (Å²) in [5, 5.41) is 21.6. The summed E-state index contributed by atoms with van der Waals surface area (Å²) in [5.74, 6) is 0. The van der Waals surface area contributed by atoms with Gasteiger partial charge in [0.15, 0.2) is 22.3 Å². The van der Waals surface area contributed by atoms with E-state index in [1.54, 1.807) is 0 Å². The summed E-state index contributed by atoms with van der Waals surface area (Å²) in [6.45, 7) is 4.42. The minimum atomic E-state index is -0.874. The van der Waals surface area contributed by atoms with Crippen LogP contribution in [-0.4, -0.2) is 57.9 Å². The Morgan fingerprint density at radius 1 is 0.511 bits per heavy atom. The van der Waals surface area contributed by atoms with Gasteiger partial charge in [-0.2, -0.15) is 0 Å². The van der Waals surface area contributed by atoms with Crippen molar-refractivity contribution in [1.29, 1.82) is 0 Å². The van der Waals surface area contributed by atoms with E-state index in [4.69, 9.17) is 38.6 Å². The number of rotatable bonds is 33. The van der Waals surface area contributed by atoms with Gasteiger partial charge in [0.05, 0.1) is 13.2 Å². The molecule has 0 radical (unpaired) electrons. The minimum absolute atomic E-state index is 0.0863.